The van der Waals surface area contributed by atoms with E-state index < -0.39 is 0 Å². The van der Waals surface area contributed by atoms with Gasteiger partial charge in [-0.1, -0.05) is 18.3 Å². The Morgan fingerprint density at radius 1 is 1.50 bits per heavy atom. The Bertz CT molecular complexity index is 39.9. The minimum absolute atomic E-state index is 0.985. The van der Waals surface area contributed by atoms with Crippen LogP contribution < -0.4 is 0 Å². The van der Waals surface area contributed by atoms with Crippen LogP contribution in [0.4, 0.5) is 0 Å². The second kappa shape index (κ2) is 4.83. The second-order valence-corrected chi connectivity index (χ2v) is 1.37. The van der Waals surface area contributed by atoms with E-state index in [4.69, 9.17) is 0 Å². The highest BCUT2D eigenvalue weighted by Gasteiger charge is 1.67. The number of hydrogen-bond donors (Lipinski definition) is 0. The minimum atomic E-state index is 0.985. The van der Waals surface area contributed by atoms with Gasteiger partial charge in [0.25, 0.3) is 0 Å². The van der Waals surface area contributed by atoms with Crippen molar-refractivity contribution in [3.05, 3.63) is 12.7 Å². The molecule has 0 aromatic rings. The fraction of sp³-hybridized carbons (Fsp3) is 0.400. The van der Waals surface area contributed by atoms with Crippen molar-refractivity contribution in [1.82, 2.24) is 0 Å². The molecule has 1 heteroatoms. The number of unbranched alkanes of at least 4 members (excludes halogenated alkanes) is 1. The van der Waals surface area contributed by atoms with E-state index in [-0.39, 0.29) is 0 Å². The van der Waals surface area contributed by atoms with Crippen LogP contribution in [0.15, 0.2) is 12.7 Å². The molecular formula is C5H8S. The van der Waals surface area contributed by atoms with E-state index in [1.54, 1.807) is 5.37 Å². The maximum Gasteiger partial charge on any atom is -0.0207 e. The van der Waals surface area contributed by atoms with Crippen LogP contribution in [0.25, 0.3) is 0 Å². The zero-order valence-electron chi connectivity index (χ0n) is 3.68. The maximum atomic E-state index is 4.54. The summed E-state index contributed by atoms with van der Waals surface area (Å²) in [6, 6.07) is 0. The molecule has 0 aromatic heterocycles. The van der Waals surface area contributed by atoms with Gasteiger partial charge in [-0.2, -0.15) is 0 Å². The molecule has 0 unspecified atom stereocenters. The number of thiocarbonyl (C=S) groups is 1. The third kappa shape index (κ3) is 3.83. The first kappa shape index (κ1) is 5.83. The van der Waals surface area contributed by atoms with E-state index in [0.29, 0.717) is 0 Å². The highest BCUT2D eigenvalue weighted by molar-refractivity contribution is 7.78. The third-order valence-corrected chi connectivity index (χ3v) is 0.724. The van der Waals surface area contributed by atoms with Gasteiger partial charge >= 0.3 is 0 Å². The Hall–Kier alpha value is -0.170. The lowest BCUT2D eigenvalue weighted by Gasteiger charge is -1.75. The van der Waals surface area contributed by atoms with Gasteiger partial charge in [0.1, 0.15) is 0 Å². The lowest BCUT2D eigenvalue weighted by molar-refractivity contribution is 1.14. The molecule has 0 saturated carbocycles. The molecular weight excluding hydrogens is 92.1 g/mol. The molecule has 6 heavy (non-hydrogen) atoms. The SMILES string of the molecule is C=CCCC=S. The van der Waals surface area contributed by atoms with Crippen LogP contribution in [0, 0.1) is 0 Å². The molecule has 0 bridgehead atoms. The van der Waals surface area contributed by atoms with Crippen LogP contribution in [0.1, 0.15) is 12.8 Å². The van der Waals surface area contributed by atoms with Crippen LogP contribution in [-0.2, 0) is 0 Å². The maximum absolute atomic E-state index is 4.54. The Morgan fingerprint density at radius 2 is 2.17 bits per heavy atom. The first-order chi connectivity index (χ1) is 2.91. The predicted octanol–water partition coefficient (Wildman–Crippen LogP) is 1.95. The van der Waals surface area contributed by atoms with Crippen molar-refractivity contribution in [2.24, 2.45) is 0 Å². The lowest BCUT2D eigenvalue weighted by atomic mass is 10.3. The van der Waals surface area contributed by atoms with Crippen molar-refractivity contribution in [3.8, 4) is 0 Å². The Kier molecular flexibility index (Phi) is 4.69. The standard InChI is InChI=1S/C5H8S/c1-2-3-4-5-6/h2,5H,1,3-4H2. The fourth-order valence-electron chi connectivity index (χ4n) is 0.186. The molecule has 34 valence electrons. The molecule has 0 fully saturated rings. The van der Waals surface area contributed by atoms with Crippen LogP contribution in [-0.4, -0.2) is 5.37 Å². The molecule has 0 aliphatic carbocycles. The molecule has 0 rings (SSSR count). The van der Waals surface area contributed by atoms with Gasteiger partial charge < -0.3 is 0 Å². The van der Waals surface area contributed by atoms with E-state index in [0.717, 1.165) is 12.8 Å². The van der Waals surface area contributed by atoms with Crippen molar-refractivity contribution >= 4 is 17.6 Å². The topological polar surface area (TPSA) is 0 Å². The summed E-state index contributed by atoms with van der Waals surface area (Å²) < 4.78 is 0. The molecule has 0 radical (unpaired) electrons. The highest BCUT2D eigenvalue weighted by atomic mass is 32.1. The molecule has 0 heterocycles. The quantitative estimate of drug-likeness (QED) is 0.297. The van der Waals surface area contributed by atoms with Gasteiger partial charge in [-0.15, -0.1) is 6.58 Å². The van der Waals surface area contributed by atoms with E-state index >= 15 is 0 Å². The number of rotatable bonds is 3. The van der Waals surface area contributed by atoms with Crippen molar-refractivity contribution in [2.75, 3.05) is 0 Å². The lowest BCUT2D eigenvalue weighted by Crippen LogP contribution is -1.63. The minimum Gasteiger partial charge on any atom is -0.103 e. The van der Waals surface area contributed by atoms with Crippen LogP contribution in [0.3, 0.4) is 0 Å². The summed E-state index contributed by atoms with van der Waals surface area (Å²) >= 11 is 4.54. The number of hydrogen-bond acceptors (Lipinski definition) is 1. The highest BCUT2D eigenvalue weighted by Crippen LogP contribution is 1.82. The largest absolute Gasteiger partial charge is 0.103 e. The molecule has 0 aliphatic heterocycles. The van der Waals surface area contributed by atoms with Gasteiger partial charge in [0.15, 0.2) is 0 Å². The van der Waals surface area contributed by atoms with E-state index in [1.807, 2.05) is 6.08 Å². The summed E-state index contributed by atoms with van der Waals surface area (Å²) in [6.07, 6.45) is 3.87. The Labute approximate surface area is 43.9 Å². The normalized spacial score (nSPS) is 7.33. The van der Waals surface area contributed by atoms with Crippen LogP contribution in [0.5, 0.6) is 0 Å². The van der Waals surface area contributed by atoms with Crippen molar-refractivity contribution < 1.29 is 0 Å². The molecule has 0 atom stereocenters. The summed E-state index contributed by atoms with van der Waals surface area (Å²) in [7, 11) is 0. The zero-order chi connectivity index (χ0) is 4.83. The molecule has 0 amide bonds. The van der Waals surface area contributed by atoms with E-state index in [2.05, 4.69) is 18.8 Å². The third-order valence-electron chi connectivity index (χ3n) is 0.489. The van der Waals surface area contributed by atoms with Gasteiger partial charge in [-0.05, 0) is 18.2 Å². The summed E-state index contributed by atoms with van der Waals surface area (Å²) in [5.41, 5.74) is 0. The van der Waals surface area contributed by atoms with Gasteiger partial charge in [0, 0.05) is 0 Å². The average molecular weight is 100 g/mol. The molecule has 0 nitrogen and oxygen atoms in total. The van der Waals surface area contributed by atoms with Gasteiger partial charge in [-0.25, -0.2) is 0 Å². The molecule has 0 aliphatic rings. The average Bonchev–Trinajstić information content (AvgIpc) is 1.61. The van der Waals surface area contributed by atoms with E-state index in [1.165, 1.54) is 0 Å². The summed E-state index contributed by atoms with van der Waals surface area (Å²) in [5.74, 6) is 0. The van der Waals surface area contributed by atoms with Gasteiger partial charge in [0.05, 0.1) is 0 Å². The van der Waals surface area contributed by atoms with Crippen molar-refractivity contribution in [2.45, 2.75) is 12.8 Å². The first-order valence-electron chi connectivity index (χ1n) is 1.96. The summed E-state index contributed by atoms with van der Waals surface area (Å²) in [6.45, 7) is 3.53. The molecule has 0 spiro atoms. The zero-order valence-corrected chi connectivity index (χ0v) is 4.50. The second-order valence-electron chi connectivity index (χ2n) is 1.03. The molecule has 0 N–H and O–H groups in total. The molecule has 0 aromatic carbocycles. The Balaban J connectivity index is 2.66. The van der Waals surface area contributed by atoms with Crippen molar-refractivity contribution in [3.63, 3.8) is 0 Å². The summed E-state index contributed by atoms with van der Waals surface area (Å²) in [5, 5.41) is 1.72. The van der Waals surface area contributed by atoms with E-state index in [9.17, 15) is 0 Å². The van der Waals surface area contributed by atoms with Crippen molar-refractivity contribution in [1.29, 1.82) is 0 Å². The van der Waals surface area contributed by atoms with Crippen LogP contribution in [0.2, 0.25) is 0 Å². The van der Waals surface area contributed by atoms with Crippen LogP contribution >= 0.6 is 12.2 Å². The molecule has 0 saturated heterocycles. The first-order valence-corrected chi connectivity index (χ1v) is 2.43. The van der Waals surface area contributed by atoms with Gasteiger partial charge in [-0.3, -0.25) is 0 Å². The number of allylic oxidation sites excluding steroid dienone is 1. The predicted molar refractivity (Wildman–Crippen MR) is 33.1 cm³/mol. The summed E-state index contributed by atoms with van der Waals surface area (Å²) in [4.78, 5) is 0. The smallest absolute Gasteiger partial charge is 0.0207 e. The fourth-order valence-corrected chi connectivity index (χ4v) is 0.322. The van der Waals surface area contributed by atoms with Gasteiger partial charge in [0.2, 0.25) is 0 Å². The monoisotopic (exact) mass is 100 g/mol. The Morgan fingerprint density at radius 3 is 2.33 bits per heavy atom.